The Balaban J connectivity index is 2.88. The molecular weight excluding hydrogens is 289 g/mol. The van der Waals surface area contributed by atoms with Gasteiger partial charge in [-0.05, 0) is 40.8 Å². The minimum atomic E-state index is 0.430. The average molecular weight is 295 g/mol. The number of aromatic nitrogens is 1. The van der Waals surface area contributed by atoms with Gasteiger partial charge in [-0.25, -0.2) is 0 Å². The van der Waals surface area contributed by atoms with Crippen LogP contribution in [0.1, 0.15) is 5.56 Å². The molecule has 4 heteroatoms. The lowest BCUT2D eigenvalue weighted by atomic mass is 10.1. The molecule has 1 heterocycles. The van der Waals surface area contributed by atoms with Crippen LogP contribution in [-0.2, 0) is 0 Å². The predicted octanol–water partition coefficient (Wildman–Crippen LogP) is 2.29. The zero-order valence-corrected chi connectivity index (χ0v) is 9.32. The van der Waals surface area contributed by atoms with Gasteiger partial charge in [0.2, 0.25) is 0 Å². The normalized spacial score (nSPS) is 10.0. The summed E-state index contributed by atoms with van der Waals surface area (Å²) in [5, 5.41) is 9.62. The second-order valence-corrected chi connectivity index (χ2v) is 4.10. The van der Waals surface area contributed by atoms with Crippen molar-refractivity contribution in [3.63, 3.8) is 0 Å². The van der Waals surface area contributed by atoms with Gasteiger partial charge in [-0.1, -0.05) is 0 Å². The first-order valence-electron chi connectivity index (χ1n) is 3.96. The first-order valence-corrected chi connectivity index (χ1v) is 5.04. The van der Waals surface area contributed by atoms with Gasteiger partial charge in [0, 0.05) is 15.2 Å². The number of anilines is 1. The van der Waals surface area contributed by atoms with Gasteiger partial charge < -0.3 is 5.73 Å². The molecule has 14 heavy (non-hydrogen) atoms. The van der Waals surface area contributed by atoms with Crippen LogP contribution in [0.3, 0.4) is 0 Å². The Morgan fingerprint density at radius 3 is 2.93 bits per heavy atom. The van der Waals surface area contributed by atoms with E-state index < -0.39 is 0 Å². The van der Waals surface area contributed by atoms with Crippen molar-refractivity contribution in [3.05, 3.63) is 33.5 Å². The van der Waals surface area contributed by atoms with E-state index in [0.717, 1.165) is 14.5 Å². The molecular formula is C10H6IN3. The van der Waals surface area contributed by atoms with E-state index in [0.29, 0.717) is 11.3 Å². The summed E-state index contributed by atoms with van der Waals surface area (Å²) in [6, 6.07) is 7.80. The molecule has 0 unspecified atom stereocenters. The van der Waals surface area contributed by atoms with Crippen molar-refractivity contribution in [2.45, 2.75) is 0 Å². The molecule has 0 radical (unpaired) electrons. The summed E-state index contributed by atoms with van der Waals surface area (Å²) in [4.78, 5) is 4.15. The number of hydrogen-bond donors (Lipinski definition) is 1. The Hall–Kier alpha value is -1.35. The maximum Gasteiger partial charge on any atom is 0.103 e. The molecule has 2 N–H and O–H groups in total. The molecule has 0 aliphatic carbocycles. The Bertz CT molecular complexity index is 543. The maximum absolute atomic E-state index is 8.78. The van der Waals surface area contributed by atoms with E-state index in [4.69, 9.17) is 11.0 Å². The number of halogens is 1. The van der Waals surface area contributed by atoms with Crippen molar-refractivity contribution in [1.29, 1.82) is 5.26 Å². The van der Waals surface area contributed by atoms with Crippen molar-refractivity contribution < 1.29 is 0 Å². The predicted molar refractivity (Wildman–Crippen MR) is 63.6 cm³/mol. The van der Waals surface area contributed by atoms with Crippen LogP contribution >= 0.6 is 22.6 Å². The highest BCUT2D eigenvalue weighted by Crippen LogP contribution is 2.23. The van der Waals surface area contributed by atoms with Crippen LogP contribution in [0.15, 0.2) is 24.4 Å². The Labute approximate surface area is 94.7 Å². The summed E-state index contributed by atoms with van der Waals surface area (Å²) >= 11 is 2.20. The number of nitriles is 1. The number of benzene rings is 1. The topological polar surface area (TPSA) is 62.7 Å². The van der Waals surface area contributed by atoms with E-state index in [1.807, 2.05) is 24.3 Å². The van der Waals surface area contributed by atoms with Gasteiger partial charge in [-0.3, -0.25) is 4.98 Å². The highest BCUT2D eigenvalue weighted by atomic mass is 127. The van der Waals surface area contributed by atoms with E-state index in [9.17, 15) is 0 Å². The summed E-state index contributed by atoms with van der Waals surface area (Å²) in [6.07, 6.45) is 1.50. The minimum Gasteiger partial charge on any atom is -0.397 e. The monoisotopic (exact) mass is 295 g/mol. The third-order valence-corrected chi connectivity index (χ3v) is 2.66. The number of rotatable bonds is 0. The van der Waals surface area contributed by atoms with Gasteiger partial charge in [-0.2, -0.15) is 5.26 Å². The maximum atomic E-state index is 8.78. The van der Waals surface area contributed by atoms with Gasteiger partial charge in [0.05, 0.1) is 16.8 Å². The average Bonchev–Trinajstić information content (AvgIpc) is 2.20. The Morgan fingerprint density at radius 2 is 2.21 bits per heavy atom. The Morgan fingerprint density at radius 1 is 1.43 bits per heavy atom. The molecule has 68 valence electrons. The summed E-state index contributed by atoms with van der Waals surface area (Å²) in [5.74, 6) is 0. The number of pyridine rings is 1. The third kappa shape index (κ3) is 1.40. The molecule has 0 saturated carbocycles. The standard InChI is InChI=1S/C10H6IN3/c11-7-1-2-9-8(3-7)10(13)6(4-12)5-14-9/h1-3,5H,(H2,13,14). The summed E-state index contributed by atoms with van der Waals surface area (Å²) < 4.78 is 1.08. The number of nitrogens with two attached hydrogens (primary N) is 1. The molecule has 2 aromatic rings. The zero-order chi connectivity index (χ0) is 10.1. The van der Waals surface area contributed by atoms with Crippen LogP contribution in [0.4, 0.5) is 5.69 Å². The van der Waals surface area contributed by atoms with E-state index >= 15 is 0 Å². The highest BCUT2D eigenvalue weighted by Gasteiger charge is 2.04. The van der Waals surface area contributed by atoms with Gasteiger partial charge in [-0.15, -0.1) is 0 Å². The Kier molecular flexibility index (Phi) is 2.25. The largest absolute Gasteiger partial charge is 0.397 e. The quantitative estimate of drug-likeness (QED) is 0.758. The summed E-state index contributed by atoms with van der Waals surface area (Å²) in [5.41, 5.74) is 7.59. The lowest BCUT2D eigenvalue weighted by Gasteiger charge is -2.02. The first-order chi connectivity index (χ1) is 6.72. The van der Waals surface area contributed by atoms with Gasteiger partial charge in [0.25, 0.3) is 0 Å². The van der Waals surface area contributed by atoms with Crippen molar-refractivity contribution in [1.82, 2.24) is 4.98 Å². The van der Waals surface area contributed by atoms with Crippen LogP contribution in [0.2, 0.25) is 0 Å². The van der Waals surface area contributed by atoms with Crippen LogP contribution in [0.5, 0.6) is 0 Å². The fourth-order valence-corrected chi connectivity index (χ4v) is 1.77. The van der Waals surface area contributed by atoms with Crippen LogP contribution in [-0.4, -0.2) is 4.98 Å². The van der Waals surface area contributed by atoms with E-state index in [2.05, 4.69) is 27.6 Å². The molecule has 0 bridgehead atoms. The molecule has 3 nitrogen and oxygen atoms in total. The third-order valence-electron chi connectivity index (χ3n) is 1.99. The summed E-state index contributed by atoms with van der Waals surface area (Å²) in [7, 11) is 0. The minimum absolute atomic E-state index is 0.430. The van der Waals surface area contributed by atoms with Crippen LogP contribution in [0, 0.1) is 14.9 Å². The van der Waals surface area contributed by atoms with Crippen LogP contribution < -0.4 is 5.73 Å². The highest BCUT2D eigenvalue weighted by molar-refractivity contribution is 14.1. The molecule has 0 aliphatic rings. The fourth-order valence-electron chi connectivity index (χ4n) is 1.27. The molecule has 1 aromatic carbocycles. The number of hydrogen-bond acceptors (Lipinski definition) is 3. The van der Waals surface area contributed by atoms with Gasteiger partial charge in [0.15, 0.2) is 0 Å². The van der Waals surface area contributed by atoms with Crippen molar-refractivity contribution >= 4 is 39.2 Å². The molecule has 2 rings (SSSR count). The van der Waals surface area contributed by atoms with E-state index in [1.165, 1.54) is 6.20 Å². The molecule has 0 spiro atoms. The number of nitrogens with zero attached hydrogens (tertiary/aromatic N) is 2. The van der Waals surface area contributed by atoms with E-state index in [-0.39, 0.29) is 0 Å². The smallest absolute Gasteiger partial charge is 0.103 e. The van der Waals surface area contributed by atoms with Crippen molar-refractivity contribution in [2.24, 2.45) is 0 Å². The zero-order valence-electron chi connectivity index (χ0n) is 7.16. The van der Waals surface area contributed by atoms with Gasteiger partial charge >= 0.3 is 0 Å². The molecule has 0 saturated heterocycles. The fraction of sp³-hybridized carbons (Fsp3) is 0. The molecule has 0 aliphatic heterocycles. The lowest BCUT2D eigenvalue weighted by Crippen LogP contribution is -1.94. The van der Waals surface area contributed by atoms with Crippen molar-refractivity contribution in [2.75, 3.05) is 5.73 Å². The van der Waals surface area contributed by atoms with Gasteiger partial charge in [0.1, 0.15) is 6.07 Å². The van der Waals surface area contributed by atoms with E-state index in [1.54, 1.807) is 0 Å². The number of nitrogen functional groups attached to an aromatic ring is 1. The first kappa shape index (κ1) is 9.21. The number of fused-ring (bicyclic) bond motifs is 1. The van der Waals surface area contributed by atoms with Crippen molar-refractivity contribution in [3.8, 4) is 6.07 Å². The van der Waals surface area contributed by atoms with Crippen LogP contribution in [0.25, 0.3) is 10.9 Å². The molecule has 0 atom stereocenters. The lowest BCUT2D eigenvalue weighted by molar-refractivity contribution is 1.37. The molecule has 0 fully saturated rings. The summed E-state index contributed by atoms with van der Waals surface area (Å²) in [6.45, 7) is 0. The second kappa shape index (κ2) is 3.42. The SMILES string of the molecule is N#Cc1cnc2ccc(I)cc2c1N. The second-order valence-electron chi connectivity index (χ2n) is 2.86. The molecule has 1 aromatic heterocycles. The molecule has 0 amide bonds.